The molecule has 3 nitrogen and oxygen atoms in total. The van der Waals surface area contributed by atoms with Gasteiger partial charge in [0, 0.05) is 22.3 Å². The molecule has 100 valence electrons. The summed E-state index contributed by atoms with van der Waals surface area (Å²) in [5, 5.41) is 5.07. The number of para-hydroxylation sites is 1. The minimum atomic E-state index is 0.659. The molecule has 0 saturated heterocycles. The Balaban J connectivity index is 2.07. The molecule has 0 amide bonds. The number of methoxy groups -OCH3 is 1. The lowest BCUT2D eigenvalue weighted by Gasteiger charge is -2.13. The average molecular weight is 285 g/mol. The van der Waals surface area contributed by atoms with Crippen LogP contribution in [0, 0.1) is 0 Å². The van der Waals surface area contributed by atoms with Crippen LogP contribution >= 0.6 is 11.6 Å². The number of benzene rings is 2. The first-order valence-corrected chi connectivity index (χ1v) is 6.60. The number of hydrogen-bond donors (Lipinski definition) is 1. The smallest absolute Gasteiger partial charge is 0.142 e. The number of aromatic nitrogens is 1. The molecule has 0 radical (unpaired) electrons. The third-order valence-electron chi connectivity index (χ3n) is 3.08. The summed E-state index contributed by atoms with van der Waals surface area (Å²) in [6.45, 7) is 0. The molecule has 0 atom stereocenters. The van der Waals surface area contributed by atoms with Crippen LogP contribution < -0.4 is 10.1 Å². The van der Waals surface area contributed by atoms with Gasteiger partial charge in [-0.15, -0.1) is 0 Å². The van der Waals surface area contributed by atoms with Crippen molar-refractivity contribution < 1.29 is 4.74 Å². The molecule has 0 saturated carbocycles. The minimum absolute atomic E-state index is 0.659. The lowest BCUT2D eigenvalue weighted by Crippen LogP contribution is -1.96. The van der Waals surface area contributed by atoms with Crippen LogP contribution in [0.2, 0.25) is 5.02 Å². The number of rotatable bonds is 3. The fourth-order valence-electron chi connectivity index (χ4n) is 2.13. The van der Waals surface area contributed by atoms with Crippen molar-refractivity contribution in [2.45, 2.75) is 0 Å². The zero-order valence-corrected chi connectivity index (χ0v) is 11.7. The number of nitrogens with zero attached hydrogens (tertiary/aromatic N) is 1. The van der Waals surface area contributed by atoms with Crippen molar-refractivity contribution in [2.75, 3.05) is 12.4 Å². The molecular formula is C16H13ClN2O. The highest BCUT2D eigenvalue weighted by Crippen LogP contribution is 2.32. The Labute approximate surface area is 122 Å². The van der Waals surface area contributed by atoms with E-state index in [-0.39, 0.29) is 0 Å². The number of anilines is 2. The second kappa shape index (κ2) is 5.39. The van der Waals surface area contributed by atoms with Crippen LogP contribution in [0.3, 0.4) is 0 Å². The van der Waals surface area contributed by atoms with Crippen LogP contribution in [0.25, 0.3) is 10.9 Å². The van der Waals surface area contributed by atoms with Gasteiger partial charge in [0.1, 0.15) is 5.75 Å². The lowest BCUT2D eigenvalue weighted by atomic mass is 10.2. The molecule has 3 rings (SSSR count). The molecule has 0 unspecified atom stereocenters. The van der Waals surface area contributed by atoms with Crippen molar-refractivity contribution in [1.82, 2.24) is 4.98 Å². The molecule has 0 bridgehead atoms. The van der Waals surface area contributed by atoms with E-state index in [1.54, 1.807) is 19.4 Å². The zero-order chi connectivity index (χ0) is 13.9. The molecule has 2 aromatic carbocycles. The third-order valence-corrected chi connectivity index (χ3v) is 3.32. The Morgan fingerprint density at radius 2 is 1.90 bits per heavy atom. The number of fused-ring (bicyclic) bond motifs is 1. The van der Waals surface area contributed by atoms with E-state index in [1.165, 1.54) is 0 Å². The van der Waals surface area contributed by atoms with E-state index in [4.69, 9.17) is 16.3 Å². The Hall–Kier alpha value is -2.26. The summed E-state index contributed by atoms with van der Waals surface area (Å²) < 4.78 is 5.35. The summed E-state index contributed by atoms with van der Waals surface area (Å²) >= 11 is 6.05. The second-order valence-electron chi connectivity index (χ2n) is 4.35. The summed E-state index contributed by atoms with van der Waals surface area (Å²) in [6.07, 6.45) is 1.78. The topological polar surface area (TPSA) is 34.1 Å². The predicted molar refractivity (Wildman–Crippen MR) is 83.0 cm³/mol. The first kappa shape index (κ1) is 12.8. The normalized spacial score (nSPS) is 10.5. The fraction of sp³-hybridized carbons (Fsp3) is 0.0625. The number of pyridine rings is 1. The molecule has 0 aliphatic heterocycles. The van der Waals surface area contributed by atoms with Crippen molar-refractivity contribution in [3.63, 3.8) is 0 Å². The molecule has 1 aromatic heterocycles. The van der Waals surface area contributed by atoms with Gasteiger partial charge in [0.15, 0.2) is 0 Å². The van der Waals surface area contributed by atoms with Gasteiger partial charge in [-0.1, -0.05) is 29.8 Å². The molecule has 4 heteroatoms. The summed E-state index contributed by atoms with van der Waals surface area (Å²) in [5.74, 6) is 0.746. The molecule has 0 aliphatic carbocycles. The van der Waals surface area contributed by atoms with E-state index in [1.807, 2.05) is 42.5 Å². The van der Waals surface area contributed by atoms with Crippen molar-refractivity contribution >= 4 is 33.9 Å². The van der Waals surface area contributed by atoms with Crippen LogP contribution in [0.1, 0.15) is 0 Å². The zero-order valence-electron chi connectivity index (χ0n) is 10.9. The maximum absolute atomic E-state index is 6.05. The van der Waals surface area contributed by atoms with E-state index >= 15 is 0 Å². The van der Waals surface area contributed by atoms with Gasteiger partial charge in [0.2, 0.25) is 0 Å². The molecule has 20 heavy (non-hydrogen) atoms. The van der Waals surface area contributed by atoms with Gasteiger partial charge in [-0.3, -0.25) is 4.98 Å². The van der Waals surface area contributed by atoms with Gasteiger partial charge in [0.25, 0.3) is 0 Å². The second-order valence-corrected chi connectivity index (χ2v) is 4.78. The van der Waals surface area contributed by atoms with E-state index in [9.17, 15) is 0 Å². The quantitative estimate of drug-likeness (QED) is 0.761. The summed E-state index contributed by atoms with van der Waals surface area (Å²) in [5.41, 5.74) is 2.74. The van der Waals surface area contributed by atoms with E-state index in [0.29, 0.717) is 5.02 Å². The van der Waals surface area contributed by atoms with Crippen molar-refractivity contribution in [1.29, 1.82) is 0 Å². The van der Waals surface area contributed by atoms with Gasteiger partial charge in [0.05, 0.1) is 18.3 Å². The van der Waals surface area contributed by atoms with E-state index < -0.39 is 0 Å². The van der Waals surface area contributed by atoms with Crippen LogP contribution in [0.4, 0.5) is 11.4 Å². The molecule has 0 aliphatic rings. The Morgan fingerprint density at radius 1 is 1.05 bits per heavy atom. The van der Waals surface area contributed by atoms with Gasteiger partial charge in [-0.2, -0.15) is 0 Å². The summed E-state index contributed by atoms with van der Waals surface area (Å²) in [7, 11) is 1.64. The molecule has 3 aromatic rings. The Kier molecular flexibility index (Phi) is 3.44. The standard InChI is InChI=1S/C16H13ClN2O/c1-20-16-7-6-11(17)10-15(16)19-14-8-9-18-13-5-3-2-4-12(13)14/h2-10H,1H3,(H,18,19). The van der Waals surface area contributed by atoms with Gasteiger partial charge < -0.3 is 10.1 Å². The number of halogens is 1. The lowest BCUT2D eigenvalue weighted by molar-refractivity contribution is 0.417. The van der Waals surface area contributed by atoms with Crippen LogP contribution in [-0.2, 0) is 0 Å². The SMILES string of the molecule is COc1ccc(Cl)cc1Nc1ccnc2ccccc12. The van der Waals surface area contributed by atoms with Crippen molar-refractivity contribution in [2.24, 2.45) is 0 Å². The van der Waals surface area contributed by atoms with Gasteiger partial charge in [-0.25, -0.2) is 0 Å². The van der Waals surface area contributed by atoms with Crippen LogP contribution in [0.5, 0.6) is 5.75 Å². The molecule has 1 heterocycles. The summed E-state index contributed by atoms with van der Waals surface area (Å²) in [4.78, 5) is 4.35. The largest absolute Gasteiger partial charge is 0.495 e. The maximum atomic E-state index is 6.05. The number of nitrogens with one attached hydrogen (secondary N) is 1. The Bertz CT molecular complexity index is 753. The summed E-state index contributed by atoms with van der Waals surface area (Å²) in [6, 6.07) is 15.4. The highest BCUT2D eigenvalue weighted by molar-refractivity contribution is 6.31. The fourth-order valence-corrected chi connectivity index (χ4v) is 2.30. The van der Waals surface area contributed by atoms with Crippen molar-refractivity contribution in [3.8, 4) is 5.75 Å². The molecule has 1 N–H and O–H groups in total. The average Bonchev–Trinajstić information content (AvgIpc) is 2.48. The Morgan fingerprint density at radius 3 is 2.75 bits per heavy atom. The first-order chi connectivity index (χ1) is 9.78. The van der Waals surface area contributed by atoms with E-state index in [2.05, 4.69) is 10.3 Å². The molecule has 0 spiro atoms. The van der Waals surface area contributed by atoms with Crippen LogP contribution in [-0.4, -0.2) is 12.1 Å². The van der Waals surface area contributed by atoms with E-state index in [0.717, 1.165) is 28.0 Å². The predicted octanol–water partition coefficient (Wildman–Crippen LogP) is 4.64. The van der Waals surface area contributed by atoms with Crippen molar-refractivity contribution in [3.05, 3.63) is 59.8 Å². The monoisotopic (exact) mass is 284 g/mol. The number of hydrogen-bond acceptors (Lipinski definition) is 3. The highest BCUT2D eigenvalue weighted by Gasteiger charge is 2.06. The highest BCUT2D eigenvalue weighted by atomic mass is 35.5. The first-order valence-electron chi connectivity index (χ1n) is 6.22. The number of ether oxygens (including phenoxy) is 1. The maximum Gasteiger partial charge on any atom is 0.142 e. The van der Waals surface area contributed by atoms with Crippen LogP contribution in [0.15, 0.2) is 54.7 Å². The molecular weight excluding hydrogens is 272 g/mol. The van der Waals surface area contributed by atoms with Gasteiger partial charge in [-0.05, 0) is 30.3 Å². The third kappa shape index (κ3) is 2.40. The minimum Gasteiger partial charge on any atom is -0.495 e. The van der Waals surface area contributed by atoms with Gasteiger partial charge >= 0.3 is 0 Å². The molecule has 0 fully saturated rings.